The normalized spacial score (nSPS) is 30.9. The van der Waals surface area contributed by atoms with Gasteiger partial charge in [0.25, 0.3) is 6.43 Å². The molecule has 0 aromatic carbocycles. The van der Waals surface area contributed by atoms with Gasteiger partial charge < -0.3 is 4.90 Å². The molecule has 4 nitrogen and oxygen atoms in total. The number of nitriles is 1. The average Bonchev–Trinajstić information content (AvgIpc) is 2.92. The van der Waals surface area contributed by atoms with Gasteiger partial charge in [-0.15, -0.1) is 0 Å². The third-order valence-corrected chi connectivity index (χ3v) is 5.21. The number of aromatic nitrogens is 1. The Balaban J connectivity index is 1.98. The molecule has 1 aromatic heterocycles. The molecular formula is C17H19F2N3O. The Morgan fingerprint density at radius 1 is 1.39 bits per heavy atom. The highest BCUT2D eigenvalue weighted by Crippen LogP contribution is 2.46. The number of pyridine rings is 1. The summed E-state index contributed by atoms with van der Waals surface area (Å²) in [5.41, 5.74) is -0.430. The van der Waals surface area contributed by atoms with Crippen LogP contribution < -0.4 is 0 Å². The summed E-state index contributed by atoms with van der Waals surface area (Å²) in [6.45, 7) is 1.38. The second-order valence-electron chi connectivity index (χ2n) is 6.69. The van der Waals surface area contributed by atoms with Crippen LogP contribution in [-0.4, -0.2) is 28.3 Å². The molecule has 3 atom stereocenters. The Kier molecular flexibility index (Phi) is 4.05. The fourth-order valence-corrected chi connectivity index (χ4v) is 3.81. The first-order valence-corrected chi connectivity index (χ1v) is 7.93. The molecule has 2 fully saturated rings. The van der Waals surface area contributed by atoms with Gasteiger partial charge in [0, 0.05) is 18.4 Å². The molecule has 3 heterocycles. The van der Waals surface area contributed by atoms with Crippen LogP contribution in [-0.2, 0) is 4.79 Å². The standard InChI is InChI=1S/C17H19F2N3O/c1-17(15(18)19)6-2-3-13-4-5-14(22(13)16(17)23)12-7-11(8-20)9-21-10-12/h7,9-10,13-15H,2-6H2,1H3/t13?,14-,17?/m0/s1. The Bertz CT molecular complexity index is 657. The second kappa shape index (κ2) is 5.88. The van der Waals surface area contributed by atoms with Gasteiger partial charge in [-0.2, -0.15) is 5.26 Å². The molecule has 122 valence electrons. The molecule has 1 aromatic rings. The van der Waals surface area contributed by atoms with E-state index in [0.29, 0.717) is 12.0 Å². The van der Waals surface area contributed by atoms with Gasteiger partial charge >= 0.3 is 0 Å². The molecule has 2 saturated heterocycles. The third kappa shape index (κ3) is 2.58. The first kappa shape index (κ1) is 15.9. The van der Waals surface area contributed by atoms with Crippen molar-refractivity contribution in [3.63, 3.8) is 0 Å². The maximum atomic E-state index is 13.5. The molecule has 3 rings (SSSR count). The maximum absolute atomic E-state index is 13.5. The van der Waals surface area contributed by atoms with Crippen molar-refractivity contribution >= 4 is 5.91 Å². The van der Waals surface area contributed by atoms with Gasteiger partial charge in [-0.25, -0.2) is 8.78 Å². The molecule has 23 heavy (non-hydrogen) atoms. The van der Waals surface area contributed by atoms with Crippen molar-refractivity contribution in [2.45, 2.75) is 57.5 Å². The van der Waals surface area contributed by atoms with Gasteiger partial charge in [-0.1, -0.05) is 6.42 Å². The molecule has 2 aliphatic rings. The van der Waals surface area contributed by atoms with Crippen molar-refractivity contribution in [2.24, 2.45) is 5.41 Å². The lowest BCUT2D eigenvalue weighted by atomic mass is 9.84. The summed E-state index contributed by atoms with van der Waals surface area (Å²) >= 11 is 0. The summed E-state index contributed by atoms with van der Waals surface area (Å²) in [5, 5.41) is 9.02. The van der Waals surface area contributed by atoms with Crippen LogP contribution in [0, 0.1) is 16.7 Å². The van der Waals surface area contributed by atoms with E-state index >= 15 is 0 Å². The zero-order valence-electron chi connectivity index (χ0n) is 13.0. The second-order valence-corrected chi connectivity index (χ2v) is 6.69. The van der Waals surface area contributed by atoms with E-state index in [1.54, 1.807) is 17.2 Å². The van der Waals surface area contributed by atoms with Crippen LogP contribution in [0.4, 0.5) is 8.78 Å². The van der Waals surface area contributed by atoms with Gasteiger partial charge in [-0.3, -0.25) is 9.78 Å². The van der Waals surface area contributed by atoms with E-state index in [1.165, 1.54) is 13.1 Å². The predicted molar refractivity (Wildman–Crippen MR) is 79.5 cm³/mol. The molecule has 6 heteroatoms. The number of carbonyl (C=O) groups excluding carboxylic acids is 1. The zero-order chi connectivity index (χ0) is 16.6. The summed E-state index contributed by atoms with van der Waals surface area (Å²) < 4.78 is 27.1. The zero-order valence-corrected chi connectivity index (χ0v) is 13.0. The minimum absolute atomic E-state index is 0.0128. The van der Waals surface area contributed by atoms with Crippen LogP contribution >= 0.6 is 0 Å². The van der Waals surface area contributed by atoms with Crippen LogP contribution in [0.15, 0.2) is 18.5 Å². The van der Waals surface area contributed by atoms with E-state index < -0.39 is 17.7 Å². The molecule has 2 aliphatic heterocycles. The van der Waals surface area contributed by atoms with E-state index in [9.17, 15) is 13.6 Å². The van der Waals surface area contributed by atoms with E-state index in [0.717, 1.165) is 24.8 Å². The summed E-state index contributed by atoms with van der Waals surface area (Å²) in [7, 11) is 0. The van der Waals surface area contributed by atoms with Crippen molar-refractivity contribution in [1.82, 2.24) is 9.88 Å². The van der Waals surface area contributed by atoms with Crippen molar-refractivity contribution in [3.8, 4) is 6.07 Å². The van der Waals surface area contributed by atoms with Gasteiger partial charge in [0.1, 0.15) is 11.5 Å². The lowest BCUT2D eigenvalue weighted by molar-refractivity contribution is -0.152. The van der Waals surface area contributed by atoms with Gasteiger partial charge in [0.2, 0.25) is 5.91 Å². The Morgan fingerprint density at radius 2 is 2.17 bits per heavy atom. The lowest BCUT2D eigenvalue weighted by Gasteiger charge is -2.35. The molecule has 0 N–H and O–H groups in total. The van der Waals surface area contributed by atoms with E-state index in [1.807, 2.05) is 6.07 Å². The fourth-order valence-electron chi connectivity index (χ4n) is 3.81. The highest BCUT2D eigenvalue weighted by molar-refractivity contribution is 5.84. The minimum atomic E-state index is -2.67. The van der Waals surface area contributed by atoms with E-state index in [-0.39, 0.29) is 18.5 Å². The van der Waals surface area contributed by atoms with E-state index in [2.05, 4.69) is 4.98 Å². The summed E-state index contributed by atoms with van der Waals surface area (Å²) in [5.74, 6) is -0.458. The highest BCUT2D eigenvalue weighted by atomic mass is 19.3. The van der Waals surface area contributed by atoms with Gasteiger partial charge in [0.15, 0.2) is 0 Å². The largest absolute Gasteiger partial charge is 0.332 e. The number of amides is 1. The first-order chi connectivity index (χ1) is 11.0. The minimum Gasteiger partial charge on any atom is -0.332 e. The Morgan fingerprint density at radius 3 is 2.87 bits per heavy atom. The van der Waals surface area contributed by atoms with Crippen LogP contribution in [0.25, 0.3) is 0 Å². The monoisotopic (exact) mass is 319 g/mol. The van der Waals surface area contributed by atoms with Crippen molar-refractivity contribution < 1.29 is 13.6 Å². The summed E-state index contributed by atoms with van der Waals surface area (Å²) in [6, 6.07) is 3.49. The topological polar surface area (TPSA) is 57.0 Å². The molecule has 0 spiro atoms. The molecule has 0 bridgehead atoms. The number of fused-ring (bicyclic) bond motifs is 1. The third-order valence-electron chi connectivity index (χ3n) is 5.21. The number of carbonyl (C=O) groups is 1. The maximum Gasteiger partial charge on any atom is 0.252 e. The van der Waals surface area contributed by atoms with Crippen molar-refractivity contribution in [1.29, 1.82) is 5.26 Å². The van der Waals surface area contributed by atoms with Crippen LogP contribution in [0.3, 0.4) is 0 Å². The predicted octanol–water partition coefficient (Wildman–Crippen LogP) is 3.44. The van der Waals surface area contributed by atoms with E-state index in [4.69, 9.17) is 5.26 Å². The van der Waals surface area contributed by atoms with Gasteiger partial charge in [-0.05, 0) is 44.2 Å². The number of hydrogen-bond acceptors (Lipinski definition) is 3. The number of nitrogens with zero attached hydrogens (tertiary/aromatic N) is 3. The lowest BCUT2D eigenvalue weighted by Crippen LogP contribution is -2.47. The molecular weight excluding hydrogens is 300 g/mol. The molecule has 0 saturated carbocycles. The quantitative estimate of drug-likeness (QED) is 0.839. The van der Waals surface area contributed by atoms with Crippen molar-refractivity contribution in [2.75, 3.05) is 0 Å². The number of hydrogen-bond donors (Lipinski definition) is 0. The number of rotatable bonds is 2. The van der Waals surface area contributed by atoms with Gasteiger partial charge in [0.05, 0.1) is 11.6 Å². The fraction of sp³-hybridized carbons (Fsp3) is 0.588. The number of alkyl halides is 2. The Hall–Kier alpha value is -2.03. The number of halogens is 2. The molecule has 0 radical (unpaired) electrons. The summed E-state index contributed by atoms with van der Waals surface area (Å²) in [6.07, 6.45) is 3.58. The average molecular weight is 319 g/mol. The smallest absolute Gasteiger partial charge is 0.252 e. The van der Waals surface area contributed by atoms with Crippen LogP contribution in [0.2, 0.25) is 0 Å². The molecule has 2 unspecified atom stereocenters. The molecule has 0 aliphatic carbocycles. The first-order valence-electron chi connectivity index (χ1n) is 7.93. The highest BCUT2D eigenvalue weighted by Gasteiger charge is 2.51. The summed E-state index contributed by atoms with van der Waals surface area (Å²) in [4.78, 5) is 18.6. The Labute approximate surface area is 134 Å². The molecule has 1 amide bonds. The SMILES string of the molecule is CC1(C(F)F)CCCC2CC[C@@H](c3cncc(C#N)c3)N2C1=O. The van der Waals surface area contributed by atoms with Crippen LogP contribution in [0.5, 0.6) is 0 Å². The van der Waals surface area contributed by atoms with Crippen molar-refractivity contribution in [3.05, 3.63) is 29.6 Å². The van der Waals surface area contributed by atoms with Crippen LogP contribution in [0.1, 0.15) is 56.2 Å².